The van der Waals surface area contributed by atoms with Gasteiger partial charge in [0.1, 0.15) is 0 Å². The van der Waals surface area contributed by atoms with E-state index >= 15 is 0 Å². The topological polar surface area (TPSA) is 57.0 Å². The number of aromatic nitrogens is 1. The highest BCUT2D eigenvalue weighted by atomic mass is 32.1. The van der Waals surface area contributed by atoms with Gasteiger partial charge in [-0.25, -0.2) is 4.98 Å². The van der Waals surface area contributed by atoms with E-state index in [-0.39, 0.29) is 5.91 Å². The summed E-state index contributed by atoms with van der Waals surface area (Å²) in [6.45, 7) is 5.67. The van der Waals surface area contributed by atoms with Crippen LogP contribution in [0.5, 0.6) is 0 Å². The molecule has 24 heavy (non-hydrogen) atoms. The fourth-order valence-electron chi connectivity index (χ4n) is 3.12. The van der Waals surface area contributed by atoms with Gasteiger partial charge in [0.15, 0.2) is 0 Å². The summed E-state index contributed by atoms with van der Waals surface area (Å²) < 4.78 is 0. The first-order chi connectivity index (χ1) is 11.6. The lowest BCUT2D eigenvalue weighted by Crippen LogP contribution is -2.39. The van der Waals surface area contributed by atoms with Crippen LogP contribution >= 0.6 is 11.3 Å². The zero-order chi connectivity index (χ0) is 17.1. The summed E-state index contributed by atoms with van der Waals surface area (Å²) in [5, 5.41) is 9.99. The largest absolute Gasteiger partial charge is 0.338 e. The third-order valence-electron chi connectivity index (χ3n) is 4.56. The van der Waals surface area contributed by atoms with Crippen molar-refractivity contribution in [1.29, 1.82) is 5.26 Å². The summed E-state index contributed by atoms with van der Waals surface area (Å²) in [6.07, 6.45) is 2.43. The lowest BCUT2D eigenvalue weighted by atomic mass is 9.97. The van der Waals surface area contributed by atoms with Crippen molar-refractivity contribution in [3.8, 4) is 6.07 Å². The molecule has 1 saturated heterocycles. The Morgan fingerprint density at radius 1 is 1.46 bits per heavy atom. The number of thiazole rings is 1. The van der Waals surface area contributed by atoms with E-state index in [1.54, 1.807) is 11.3 Å². The Bertz CT molecular complexity index is 771. The van der Waals surface area contributed by atoms with Crippen LogP contribution in [-0.2, 0) is 6.42 Å². The quantitative estimate of drug-likeness (QED) is 0.853. The molecule has 1 atom stereocenters. The van der Waals surface area contributed by atoms with Gasteiger partial charge in [0.05, 0.1) is 23.2 Å². The van der Waals surface area contributed by atoms with Gasteiger partial charge in [0.25, 0.3) is 5.91 Å². The molecule has 2 aromatic rings. The highest BCUT2D eigenvalue weighted by Gasteiger charge is 2.27. The molecule has 2 heterocycles. The number of piperidine rings is 1. The number of aryl methyl sites for hydroxylation is 2. The number of amides is 1. The van der Waals surface area contributed by atoms with Gasteiger partial charge in [-0.15, -0.1) is 11.3 Å². The first-order valence-electron chi connectivity index (χ1n) is 8.27. The van der Waals surface area contributed by atoms with E-state index in [2.05, 4.69) is 18.0 Å². The molecular weight excluding hydrogens is 318 g/mol. The van der Waals surface area contributed by atoms with Gasteiger partial charge < -0.3 is 4.90 Å². The fraction of sp³-hybridized carbons (Fsp3) is 0.421. The predicted octanol–water partition coefficient (Wildman–Crippen LogP) is 3.85. The summed E-state index contributed by atoms with van der Waals surface area (Å²) in [5.41, 5.74) is 2.67. The number of rotatable bonds is 3. The van der Waals surface area contributed by atoms with E-state index in [4.69, 9.17) is 5.26 Å². The van der Waals surface area contributed by atoms with Crippen molar-refractivity contribution in [2.75, 3.05) is 13.1 Å². The maximum absolute atomic E-state index is 12.8. The van der Waals surface area contributed by atoms with Crippen LogP contribution in [0.4, 0.5) is 0 Å². The van der Waals surface area contributed by atoms with Crippen molar-refractivity contribution in [2.24, 2.45) is 0 Å². The minimum Gasteiger partial charge on any atom is -0.338 e. The zero-order valence-electron chi connectivity index (χ0n) is 14.1. The third-order valence-corrected chi connectivity index (χ3v) is 5.80. The second-order valence-corrected chi connectivity index (χ2v) is 7.55. The number of nitriles is 1. The number of likely N-dealkylation sites (tertiary alicyclic amines) is 1. The summed E-state index contributed by atoms with van der Waals surface area (Å²) >= 11 is 1.75. The van der Waals surface area contributed by atoms with Crippen LogP contribution in [0.1, 0.15) is 50.3 Å². The number of benzene rings is 1. The first kappa shape index (κ1) is 16.7. The fourth-order valence-corrected chi connectivity index (χ4v) is 4.17. The molecule has 0 bridgehead atoms. The molecule has 1 fully saturated rings. The normalized spacial score (nSPS) is 17.5. The third kappa shape index (κ3) is 3.49. The van der Waals surface area contributed by atoms with E-state index in [0.29, 0.717) is 17.9 Å². The Morgan fingerprint density at radius 2 is 2.29 bits per heavy atom. The number of hydrogen-bond acceptors (Lipinski definition) is 4. The van der Waals surface area contributed by atoms with Gasteiger partial charge in [0, 0.05) is 29.4 Å². The molecule has 1 aliphatic heterocycles. The number of carbonyl (C=O) groups is 1. The molecule has 3 rings (SSSR count). The summed E-state index contributed by atoms with van der Waals surface area (Å²) in [7, 11) is 0. The van der Waals surface area contributed by atoms with Crippen LogP contribution in [0.15, 0.2) is 24.3 Å². The molecule has 5 heteroatoms. The molecule has 0 N–H and O–H groups in total. The zero-order valence-corrected chi connectivity index (χ0v) is 14.9. The SMILES string of the molecule is Cc1nc([C@@H]2CCCN(C(=O)c3cccc(CC#N)c3)C2)sc1C. The molecular formula is C19H21N3OS. The number of nitrogens with zero attached hydrogens (tertiary/aromatic N) is 3. The first-order valence-corrected chi connectivity index (χ1v) is 9.09. The highest BCUT2D eigenvalue weighted by Crippen LogP contribution is 2.31. The second-order valence-electron chi connectivity index (χ2n) is 6.32. The summed E-state index contributed by atoms with van der Waals surface area (Å²) in [5.74, 6) is 0.395. The molecule has 1 aliphatic rings. The van der Waals surface area contributed by atoms with Crippen molar-refractivity contribution in [3.05, 3.63) is 51.0 Å². The smallest absolute Gasteiger partial charge is 0.253 e. The summed E-state index contributed by atoms with van der Waals surface area (Å²) in [4.78, 5) is 20.7. The Kier molecular flexibility index (Phi) is 4.96. The Hall–Kier alpha value is -2.19. The van der Waals surface area contributed by atoms with Crippen LogP contribution in [0.2, 0.25) is 0 Å². The highest BCUT2D eigenvalue weighted by molar-refractivity contribution is 7.11. The van der Waals surface area contributed by atoms with Crippen molar-refractivity contribution >= 4 is 17.2 Å². The lowest BCUT2D eigenvalue weighted by molar-refractivity contribution is 0.0707. The average molecular weight is 339 g/mol. The van der Waals surface area contributed by atoms with Crippen molar-refractivity contribution in [2.45, 2.75) is 39.0 Å². The predicted molar refractivity (Wildman–Crippen MR) is 95.2 cm³/mol. The molecule has 4 nitrogen and oxygen atoms in total. The maximum Gasteiger partial charge on any atom is 0.253 e. The second kappa shape index (κ2) is 7.14. The lowest BCUT2D eigenvalue weighted by Gasteiger charge is -2.32. The van der Waals surface area contributed by atoms with Gasteiger partial charge in [0.2, 0.25) is 0 Å². The van der Waals surface area contributed by atoms with E-state index in [1.807, 2.05) is 36.1 Å². The minimum atomic E-state index is 0.0597. The van der Waals surface area contributed by atoms with Gasteiger partial charge in [-0.2, -0.15) is 5.26 Å². The van der Waals surface area contributed by atoms with E-state index in [1.165, 1.54) is 4.88 Å². The maximum atomic E-state index is 12.8. The van der Waals surface area contributed by atoms with Gasteiger partial charge in [-0.05, 0) is 44.4 Å². The average Bonchev–Trinajstić information content (AvgIpc) is 2.94. The van der Waals surface area contributed by atoms with Crippen molar-refractivity contribution in [3.63, 3.8) is 0 Å². The molecule has 1 aromatic carbocycles. The molecule has 0 aliphatic carbocycles. The molecule has 1 amide bonds. The van der Waals surface area contributed by atoms with Gasteiger partial charge >= 0.3 is 0 Å². The van der Waals surface area contributed by atoms with E-state index in [0.717, 1.165) is 42.2 Å². The molecule has 0 unspecified atom stereocenters. The molecule has 0 radical (unpaired) electrons. The standard InChI is InChI=1S/C19H21N3OS/c1-13-14(2)24-18(21-13)17-7-4-10-22(12-17)19(23)16-6-3-5-15(11-16)8-9-20/h3,5-6,11,17H,4,7-8,10,12H2,1-2H3/t17-/m1/s1. The Labute approximate surface area is 146 Å². The van der Waals surface area contributed by atoms with E-state index in [9.17, 15) is 4.79 Å². The van der Waals surface area contributed by atoms with Crippen molar-refractivity contribution < 1.29 is 4.79 Å². The van der Waals surface area contributed by atoms with Crippen LogP contribution in [-0.4, -0.2) is 28.9 Å². The summed E-state index contributed by atoms with van der Waals surface area (Å²) in [6, 6.07) is 9.56. The molecule has 124 valence electrons. The minimum absolute atomic E-state index is 0.0597. The van der Waals surface area contributed by atoms with Crippen LogP contribution in [0, 0.1) is 25.2 Å². The molecule has 1 aromatic heterocycles. The number of hydrogen-bond donors (Lipinski definition) is 0. The molecule has 0 saturated carbocycles. The van der Waals surface area contributed by atoms with Gasteiger partial charge in [-0.3, -0.25) is 4.79 Å². The number of carbonyl (C=O) groups excluding carboxylic acids is 1. The Balaban J connectivity index is 1.75. The van der Waals surface area contributed by atoms with Crippen molar-refractivity contribution in [1.82, 2.24) is 9.88 Å². The van der Waals surface area contributed by atoms with Crippen LogP contribution < -0.4 is 0 Å². The van der Waals surface area contributed by atoms with Crippen LogP contribution in [0.3, 0.4) is 0 Å². The monoisotopic (exact) mass is 339 g/mol. The molecule has 0 spiro atoms. The Morgan fingerprint density at radius 3 is 3.00 bits per heavy atom. The van der Waals surface area contributed by atoms with Crippen LogP contribution in [0.25, 0.3) is 0 Å². The van der Waals surface area contributed by atoms with E-state index < -0.39 is 0 Å². The van der Waals surface area contributed by atoms with Gasteiger partial charge in [-0.1, -0.05) is 12.1 Å².